The molecule has 2 rings (SSSR count). The molecule has 0 amide bonds. The number of nitro benzene ring substituents is 1. The van der Waals surface area contributed by atoms with Crippen molar-refractivity contribution in [2.75, 3.05) is 23.5 Å². The quantitative estimate of drug-likeness (QED) is 0.424. The summed E-state index contributed by atoms with van der Waals surface area (Å²) < 4.78 is 0.251. The molecule has 0 atom stereocenters. The van der Waals surface area contributed by atoms with Crippen LogP contribution < -0.4 is 16.6 Å². The molecule has 0 aliphatic heterocycles. The summed E-state index contributed by atoms with van der Waals surface area (Å²) in [5.41, 5.74) is 3.76. The maximum atomic E-state index is 10.9. The third kappa shape index (κ3) is 3.34. The standard InChI is InChI=1S/C13H20N4O2S/c1-20-13(4-2-3-5-13)9-15-10-6-11(16-14)8-12(7-10)17(18)19/h6-8,15-16H,2-5,9,14H2,1H3. The fourth-order valence-electron chi connectivity index (χ4n) is 2.64. The average Bonchev–Trinajstić information content (AvgIpc) is 2.94. The van der Waals surface area contributed by atoms with Crippen LogP contribution >= 0.6 is 11.8 Å². The molecule has 0 bridgehead atoms. The molecule has 0 heterocycles. The number of rotatable bonds is 6. The molecule has 0 aromatic heterocycles. The van der Waals surface area contributed by atoms with E-state index in [4.69, 9.17) is 5.84 Å². The van der Waals surface area contributed by atoms with Gasteiger partial charge in [-0.1, -0.05) is 12.8 Å². The van der Waals surface area contributed by atoms with Gasteiger partial charge in [-0.25, -0.2) is 0 Å². The van der Waals surface area contributed by atoms with E-state index in [2.05, 4.69) is 17.0 Å². The molecular formula is C13H20N4O2S. The minimum absolute atomic E-state index is 0.0348. The maximum absolute atomic E-state index is 10.9. The van der Waals surface area contributed by atoms with Gasteiger partial charge in [-0.3, -0.25) is 16.0 Å². The second-order valence-electron chi connectivity index (χ2n) is 5.12. The molecular weight excluding hydrogens is 276 g/mol. The fourth-order valence-corrected chi connectivity index (χ4v) is 3.55. The molecule has 1 fully saturated rings. The third-order valence-corrected chi connectivity index (χ3v) is 5.28. The second kappa shape index (κ2) is 6.32. The second-order valence-corrected chi connectivity index (χ2v) is 6.39. The Labute approximate surface area is 122 Å². The van der Waals surface area contributed by atoms with Gasteiger partial charge in [-0.15, -0.1) is 0 Å². The first-order valence-electron chi connectivity index (χ1n) is 6.64. The monoisotopic (exact) mass is 296 g/mol. The average molecular weight is 296 g/mol. The number of nitrogens with two attached hydrogens (primary N) is 1. The van der Waals surface area contributed by atoms with Gasteiger partial charge < -0.3 is 10.7 Å². The molecule has 0 radical (unpaired) electrons. The van der Waals surface area contributed by atoms with Gasteiger partial charge in [0.15, 0.2) is 0 Å². The van der Waals surface area contributed by atoms with Gasteiger partial charge in [0.25, 0.3) is 5.69 Å². The van der Waals surface area contributed by atoms with Crippen LogP contribution in [-0.2, 0) is 0 Å². The highest BCUT2D eigenvalue weighted by Crippen LogP contribution is 2.40. The number of thioether (sulfide) groups is 1. The van der Waals surface area contributed by atoms with Crippen molar-refractivity contribution in [3.63, 3.8) is 0 Å². The number of nitrogens with zero attached hydrogens (tertiary/aromatic N) is 1. The summed E-state index contributed by atoms with van der Waals surface area (Å²) in [5, 5.41) is 14.2. The molecule has 1 aliphatic carbocycles. The summed E-state index contributed by atoms with van der Waals surface area (Å²) >= 11 is 1.88. The SMILES string of the molecule is CSC1(CNc2cc(NN)cc([N+](=O)[O-])c2)CCCC1. The van der Waals surface area contributed by atoms with Crippen LogP contribution in [0.4, 0.5) is 17.1 Å². The van der Waals surface area contributed by atoms with Crippen LogP contribution in [0.5, 0.6) is 0 Å². The summed E-state index contributed by atoms with van der Waals surface area (Å²) in [6.07, 6.45) is 7.03. The van der Waals surface area contributed by atoms with Crippen LogP contribution in [0.3, 0.4) is 0 Å². The summed E-state index contributed by atoms with van der Waals surface area (Å²) in [4.78, 5) is 10.5. The smallest absolute Gasteiger partial charge is 0.273 e. The van der Waals surface area contributed by atoms with Crippen LogP contribution in [0.2, 0.25) is 0 Å². The lowest BCUT2D eigenvalue weighted by molar-refractivity contribution is -0.384. The highest BCUT2D eigenvalue weighted by Gasteiger charge is 2.32. The highest BCUT2D eigenvalue weighted by molar-refractivity contribution is 8.00. The minimum Gasteiger partial charge on any atom is -0.383 e. The maximum Gasteiger partial charge on any atom is 0.273 e. The zero-order chi connectivity index (χ0) is 14.6. The van der Waals surface area contributed by atoms with E-state index in [0.717, 1.165) is 12.2 Å². The molecule has 1 saturated carbocycles. The van der Waals surface area contributed by atoms with E-state index in [1.807, 2.05) is 11.8 Å². The first kappa shape index (κ1) is 14.9. The van der Waals surface area contributed by atoms with E-state index in [1.165, 1.54) is 31.7 Å². The van der Waals surface area contributed by atoms with Crippen molar-refractivity contribution in [3.8, 4) is 0 Å². The predicted octanol–water partition coefficient (Wildman–Crippen LogP) is 2.97. The Morgan fingerprint density at radius 3 is 2.55 bits per heavy atom. The van der Waals surface area contributed by atoms with E-state index < -0.39 is 4.92 Å². The van der Waals surface area contributed by atoms with Gasteiger partial charge in [0.1, 0.15) is 0 Å². The van der Waals surface area contributed by atoms with Crippen LogP contribution in [0.1, 0.15) is 25.7 Å². The molecule has 6 nitrogen and oxygen atoms in total. The van der Waals surface area contributed by atoms with Gasteiger partial charge in [0.2, 0.25) is 0 Å². The number of anilines is 2. The molecule has 20 heavy (non-hydrogen) atoms. The van der Waals surface area contributed by atoms with Crippen LogP contribution in [-0.4, -0.2) is 22.5 Å². The van der Waals surface area contributed by atoms with Crippen molar-refractivity contribution >= 4 is 28.8 Å². The fraction of sp³-hybridized carbons (Fsp3) is 0.538. The van der Waals surface area contributed by atoms with E-state index >= 15 is 0 Å². The van der Waals surface area contributed by atoms with E-state index in [0.29, 0.717) is 5.69 Å². The molecule has 1 aromatic rings. The van der Waals surface area contributed by atoms with E-state index in [1.54, 1.807) is 12.1 Å². The third-order valence-electron chi connectivity index (χ3n) is 3.86. The lowest BCUT2D eigenvalue weighted by Crippen LogP contribution is -2.30. The number of non-ortho nitro benzene ring substituents is 1. The highest BCUT2D eigenvalue weighted by atomic mass is 32.2. The summed E-state index contributed by atoms with van der Waals surface area (Å²) in [7, 11) is 0. The molecule has 110 valence electrons. The summed E-state index contributed by atoms with van der Waals surface area (Å²) in [5.74, 6) is 5.35. The Hall–Kier alpha value is -1.47. The molecule has 4 N–H and O–H groups in total. The van der Waals surface area contributed by atoms with E-state index in [9.17, 15) is 10.1 Å². The van der Waals surface area contributed by atoms with Gasteiger partial charge in [-0.05, 0) is 25.2 Å². The van der Waals surface area contributed by atoms with Gasteiger partial charge >= 0.3 is 0 Å². The molecule has 7 heteroatoms. The summed E-state index contributed by atoms with van der Waals surface area (Å²) in [6, 6.07) is 4.75. The Bertz CT molecular complexity index is 489. The minimum atomic E-state index is -0.411. The van der Waals surface area contributed by atoms with Crippen molar-refractivity contribution in [1.82, 2.24) is 0 Å². The first-order valence-corrected chi connectivity index (χ1v) is 7.86. The first-order chi connectivity index (χ1) is 9.58. The summed E-state index contributed by atoms with van der Waals surface area (Å²) in [6.45, 7) is 0.819. The number of nitrogens with one attached hydrogen (secondary N) is 2. The zero-order valence-electron chi connectivity index (χ0n) is 11.5. The number of hydrazine groups is 1. The number of hydrogen-bond donors (Lipinski definition) is 3. The Kier molecular flexibility index (Phi) is 4.72. The Morgan fingerprint density at radius 1 is 1.35 bits per heavy atom. The van der Waals surface area contributed by atoms with E-state index in [-0.39, 0.29) is 10.4 Å². The lowest BCUT2D eigenvalue weighted by Gasteiger charge is -2.27. The van der Waals surface area contributed by atoms with Crippen molar-refractivity contribution in [2.45, 2.75) is 30.4 Å². The van der Waals surface area contributed by atoms with Crippen molar-refractivity contribution in [3.05, 3.63) is 28.3 Å². The molecule has 1 aliphatic rings. The van der Waals surface area contributed by atoms with Gasteiger partial charge in [0, 0.05) is 29.1 Å². The Morgan fingerprint density at radius 2 is 2.00 bits per heavy atom. The molecule has 0 unspecified atom stereocenters. The zero-order valence-corrected chi connectivity index (χ0v) is 12.3. The van der Waals surface area contributed by atoms with Crippen LogP contribution in [0.25, 0.3) is 0 Å². The number of benzene rings is 1. The number of hydrogen-bond acceptors (Lipinski definition) is 6. The lowest BCUT2D eigenvalue weighted by atomic mass is 10.1. The molecule has 0 saturated heterocycles. The predicted molar refractivity (Wildman–Crippen MR) is 84.1 cm³/mol. The normalized spacial score (nSPS) is 16.9. The van der Waals surface area contributed by atoms with Gasteiger partial charge in [-0.2, -0.15) is 11.8 Å². The number of nitro groups is 1. The van der Waals surface area contributed by atoms with Crippen molar-refractivity contribution in [2.24, 2.45) is 5.84 Å². The topological polar surface area (TPSA) is 93.2 Å². The van der Waals surface area contributed by atoms with Gasteiger partial charge in [0.05, 0.1) is 10.6 Å². The Balaban J connectivity index is 2.12. The van der Waals surface area contributed by atoms with Crippen LogP contribution in [0, 0.1) is 10.1 Å². The largest absolute Gasteiger partial charge is 0.383 e. The molecule has 0 spiro atoms. The van der Waals surface area contributed by atoms with Crippen LogP contribution in [0.15, 0.2) is 18.2 Å². The van der Waals surface area contributed by atoms with Crippen molar-refractivity contribution < 1.29 is 4.92 Å². The molecule has 1 aromatic carbocycles. The van der Waals surface area contributed by atoms with Crippen molar-refractivity contribution in [1.29, 1.82) is 0 Å². The number of nitrogen functional groups attached to an aromatic ring is 1.